The van der Waals surface area contributed by atoms with Crippen molar-refractivity contribution in [1.29, 1.82) is 0 Å². The molecule has 0 saturated heterocycles. The number of sulfonamides is 1. The molecular weight excluding hydrogens is 328 g/mol. The van der Waals surface area contributed by atoms with Crippen LogP contribution in [0.5, 0.6) is 0 Å². The molecule has 2 aliphatic carbocycles. The molecular formula is C16H24N4O3S. The van der Waals surface area contributed by atoms with E-state index in [0.29, 0.717) is 31.6 Å². The molecule has 1 aromatic rings. The second kappa shape index (κ2) is 5.56. The van der Waals surface area contributed by atoms with E-state index in [1.54, 1.807) is 0 Å². The summed E-state index contributed by atoms with van der Waals surface area (Å²) >= 11 is 0. The number of carbonyl (C=O) groups excluding carboxylic acids is 1. The third-order valence-corrected chi connectivity index (χ3v) is 7.05. The average Bonchev–Trinajstić information content (AvgIpc) is 3.18. The van der Waals surface area contributed by atoms with E-state index in [9.17, 15) is 13.2 Å². The molecule has 1 aliphatic heterocycles. The molecule has 0 aromatic carbocycles. The van der Waals surface area contributed by atoms with E-state index in [-0.39, 0.29) is 11.8 Å². The Kier molecular flexibility index (Phi) is 3.72. The van der Waals surface area contributed by atoms with E-state index in [4.69, 9.17) is 0 Å². The zero-order valence-electron chi connectivity index (χ0n) is 14.0. The summed E-state index contributed by atoms with van der Waals surface area (Å²) < 4.78 is 26.9. The molecule has 0 unspecified atom stereocenters. The number of amides is 1. The third-order valence-electron chi connectivity index (χ3n) is 5.80. The lowest BCUT2D eigenvalue weighted by Gasteiger charge is -2.26. The molecule has 1 spiro atoms. The van der Waals surface area contributed by atoms with Crippen molar-refractivity contribution in [2.45, 2.75) is 51.7 Å². The summed E-state index contributed by atoms with van der Waals surface area (Å²) in [5.41, 5.74) is 2.03. The minimum absolute atomic E-state index is 0.149. The Hall–Kier alpha value is -1.41. The van der Waals surface area contributed by atoms with Crippen molar-refractivity contribution >= 4 is 15.9 Å². The minimum Gasteiger partial charge on any atom is -0.350 e. The fourth-order valence-electron chi connectivity index (χ4n) is 4.06. The lowest BCUT2D eigenvalue weighted by atomic mass is 9.80. The summed E-state index contributed by atoms with van der Waals surface area (Å²) in [6.07, 6.45) is 6.69. The van der Waals surface area contributed by atoms with Crippen molar-refractivity contribution in [1.82, 2.24) is 19.4 Å². The Bertz CT molecular complexity index is 766. The van der Waals surface area contributed by atoms with Crippen LogP contribution in [0, 0.1) is 11.3 Å². The highest BCUT2D eigenvalue weighted by Crippen LogP contribution is 2.65. The first-order chi connectivity index (χ1) is 11.4. The van der Waals surface area contributed by atoms with E-state index < -0.39 is 10.0 Å². The fraction of sp³-hybridized carbons (Fsp3) is 0.750. The first-order valence-electron chi connectivity index (χ1n) is 8.66. The topological polar surface area (TPSA) is 84.3 Å². The van der Waals surface area contributed by atoms with Gasteiger partial charge in [0.2, 0.25) is 15.9 Å². The number of aromatic nitrogens is 2. The predicted octanol–water partition coefficient (Wildman–Crippen LogP) is 0.855. The summed E-state index contributed by atoms with van der Waals surface area (Å²) in [7, 11) is -3.20. The van der Waals surface area contributed by atoms with Crippen LogP contribution in [-0.4, -0.2) is 41.2 Å². The van der Waals surface area contributed by atoms with Crippen LogP contribution >= 0.6 is 0 Å². The summed E-state index contributed by atoms with van der Waals surface area (Å²) in [5.74, 6) is 0.350. The number of nitrogens with zero attached hydrogens (tertiary/aromatic N) is 3. The normalized spacial score (nSPS) is 25.6. The molecule has 2 saturated carbocycles. The van der Waals surface area contributed by atoms with E-state index >= 15 is 0 Å². The molecule has 3 aliphatic rings. The van der Waals surface area contributed by atoms with Gasteiger partial charge in [0, 0.05) is 19.0 Å². The summed E-state index contributed by atoms with van der Waals surface area (Å²) in [6.45, 7) is 2.01. The van der Waals surface area contributed by atoms with Gasteiger partial charge in [0.05, 0.1) is 30.7 Å². The molecule has 1 amide bonds. The van der Waals surface area contributed by atoms with E-state index in [1.165, 1.54) is 29.8 Å². The molecule has 4 rings (SSSR count). The van der Waals surface area contributed by atoms with Crippen molar-refractivity contribution in [3.05, 3.63) is 17.5 Å². The Morgan fingerprint density at radius 2 is 2.17 bits per heavy atom. The lowest BCUT2D eigenvalue weighted by molar-refractivity contribution is -0.123. The first kappa shape index (κ1) is 16.1. The highest BCUT2D eigenvalue weighted by atomic mass is 32.2. The standard InChI is InChI=1S/C16H24N4O3S/c1-24(22,23)19-6-3-7-20-13(11-19)8-12(18-20)10-17-15(21)14-9-16(14)4-2-5-16/h8,14H,2-7,9-11H2,1H3,(H,17,21)/t14-/m0/s1. The van der Waals surface area contributed by atoms with Gasteiger partial charge in [-0.1, -0.05) is 6.42 Å². The molecule has 8 heteroatoms. The van der Waals surface area contributed by atoms with Crippen LogP contribution in [-0.2, 0) is 34.5 Å². The second-order valence-corrected chi connectivity index (χ2v) is 9.47. The first-order valence-corrected chi connectivity index (χ1v) is 10.5. The molecule has 2 heterocycles. The molecule has 0 radical (unpaired) electrons. The number of carbonyl (C=O) groups is 1. The van der Waals surface area contributed by atoms with Gasteiger partial charge in [-0.25, -0.2) is 8.42 Å². The van der Waals surface area contributed by atoms with Gasteiger partial charge in [-0.2, -0.15) is 9.40 Å². The second-order valence-electron chi connectivity index (χ2n) is 7.49. The zero-order chi connectivity index (χ0) is 16.9. The molecule has 24 heavy (non-hydrogen) atoms. The van der Waals surface area contributed by atoms with Crippen LogP contribution in [0.3, 0.4) is 0 Å². The smallest absolute Gasteiger partial charge is 0.224 e. The van der Waals surface area contributed by atoms with Crippen molar-refractivity contribution in [2.75, 3.05) is 12.8 Å². The Morgan fingerprint density at radius 3 is 2.79 bits per heavy atom. The van der Waals surface area contributed by atoms with E-state index in [0.717, 1.165) is 24.2 Å². The Labute approximate surface area is 142 Å². The van der Waals surface area contributed by atoms with Gasteiger partial charge in [0.25, 0.3) is 0 Å². The summed E-state index contributed by atoms with van der Waals surface area (Å²) in [4.78, 5) is 12.2. The number of hydrogen-bond donors (Lipinski definition) is 1. The quantitative estimate of drug-likeness (QED) is 0.871. The molecule has 0 bridgehead atoms. The predicted molar refractivity (Wildman–Crippen MR) is 88.3 cm³/mol. The number of nitrogens with one attached hydrogen (secondary N) is 1. The van der Waals surface area contributed by atoms with Crippen molar-refractivity contribution in [3.63, 3.8) is 0 Å². The van der Waals surface area contributed by atoms with Gasteiger partial charge < -0.3 is 5.32 Å². The molecule has 132 valence electrons. The summed E-state index contributed by atoms with van der Waals surface area (Å²) in [5, 5.41) is 7.53. The maximum atomic E-state index is 12.2. The van der Waals surface area contributed by atoms with Crippen molar-refractivity contribution in [2.24, 2.45) is 11.3 Å². The lowest BCUT2D eigenvalue weighted by Crippen LogP contribution is -2.29. The van der Waals surface area contributed by atoms with E-state index in [2.05, 4.69) is 10.4 Å². The van der Waals surface area contributed by atoms with Crippen molar-refractivity contribution in [3.8, 4) is 0 Å². The average molecular weight is 352 g/mol. The van der Waals surface area contributed by atoms with Crippen LogP contribution in [0.15, 0.2) is 6.07 Å². The van der Waals surface area contributed by atoms with Crippen LogP contribution in [0.25, 0.3) is 0 Å². The molecule has 7 nitrogen and oxygen atoms in total. The minimum atomic E-state index is -3.20. The van der Waals surface area contributed by atoms with Crippen LogP contribution < -0.4 is 5.32 Å². The molecule has 1 N–H and O–H groups in total. The SMILES string of the molecule is CS(=O)(=O)N1CCCn2nc(CNC(=O)[C@@H]3CC34CCC4)cc2C1. The fourth-order valence-corrected chi connectivity index (χ4v) is 4.89. The molecule has 1 atom stereocenters. The highest BCUT2D eigenvalue weighted by molar-refractivity contribution is 7.88. The van der Waals surface area contributed by atoms with Gasteiger partial charge in [-0.15, -0.1) is 0 Å². The number of aryl methyl sites for hydroxylation is 1. The van der Waals surface area contributed by atoms with E-state index in [1.807, 2.05) is 10.7 Å². The van der Waals surface area contributed by atoms with Crippen LogP contribution in [0.2, 0.25) is 0 Å². The summed E-state index contributed by atoms with van der Waals surface area (Å²) in [6, 6.07) is 1.91. The van der Waals surface area contributed by atoms with Gasteiger partial charge >= 0.3 is 0 Å². The van der Waals surface area contributed by atoms with Crippen LogP contribution in [0.4, 0.5) is 0 Å². The maximum absolute atomic E-state index is 12.2. The van der Waals surface area contributed by atoms with Gasteiger partial charge in [-0.3, -0.25) is 9.48 Å². The van der Waals surface area contributed by atoms with Gasteiger partial charge in [0.15, 0.2) is 0 Å². The largest absolute Gasteiger partial charge is 0.350 e. The zero-order valence-corrected chi connectivity index (χ0v) is 14.8. The van der Waals surface area contributed by atoms with Crippen LogP contribution in [0.1, 0.15) is 43.5 Å². The Balaban J connectivity index is 1.38. The number of rotatable bonds is 4. The highest BCUT2D eigenvalue weighted by Gasteiger charge is 2.60. The number of hydrogen-bond acceptors (Lipinski definition) is 4. The van der Waals surface area contributed by atoms with Gasteiger partial charge in [-0.05, 0) is 37.2 Å². The molecule has 2 fully saturated rings. The maximum Gasteiger partial charge on any atom is 0.224 e. The van der Waals surface area contributed by atoms with Crippen molar-refractivity contribution < 1.29 is 13.2 Å². The van der Waals surface area contributed by atoms with Gasteiger partial charge in [0.1, 0.15) is 0 Å². The molecule has 1 aromatic heterocycles. The Morgan fingerprint density at radius 1 is 1.38 bits per heavy atom. The monoisotopic (exact) mass is 352 g/mol. The third kappa shape index (κ3) is 2.86. The number of fused-ring (bicyclic) bond motifs is 1.